The Morgan fingerprint density at radius 1 is 1.40 bits per heavy atom. The summed E-state index contributed by atoms with van der Waals surface area (Å²) in [4.78, 5) is 35.8. The van der Waals surface area contributed by atoms with Crippen molar-refractivity contribution in [1.82, 2.24) is 9.62 Å². The number of carbonyl (C=O) groups is 3. The number of piperidine rings is 1. The largest absolute Gasteiger partial charge is 0.480 e. The van der Waals surface area contributed by atoms with Crippen LogP contribution in [0.5, 0.6) is 0 Å². The molecule has 4 N–H and O–H groups in total. The van der Waals surface area contributed by atoms with Crippen molar-refractivity contribution >= 4 is 27.8 Å². The van der Waals surface area contributed by atoms with Gasteiger partial charge in [0.2, 0.25) is 11.0 Å². The first-order valence-corrected chi connectivity index (χ1v) is 9.03. The molecule has 1 saturated heterocycles. The molecular formula is C14H19N3O7S. The van der Waals surface area contributed by atoms with Crippen molar-refractivity contribution in [1.29, 1.82) is 0 Å². The first-order chi connectivity index (χ1) is 11.6. The Hall–Kier alpha value is -2.40. The Labute approximate surface area is 144 Å². The Morgan fingerprint density at radius 2 is 2.08 bits per heavy atom. The number of nitrogens with one attached hydrogen (secondary N) is 1. The maximum Gasteiger partial charge on any atom is 0.326 e. The Balaban J connectivity index is 2.22. The van der Waals surface area contributed by atoms with Gasteiger partial charge in [0, 0.05) is 6.54 Å². The van der Waals surface area contributed by atoms with Gasteiger partial charge in [0.05, 0.1) is 6.54 Å². The average Bonchev–Trinajstić information content (AvgIpc) is 3.02. The third-order valence-corrected chi connectivity index (χ3v) is 5.21. The van der Waals surface area contributed by atoms with Gasteiger partial charge in [0.25, 0.3) is 15.9 Å². The lowest BCUT2D eigenvalue weighted by Gasteiger charge is -2.36. The molecule has 2 heterocycles. The van der Waals surface area contributed by atoms with Crippen LogP contribution in [0.2, 0.25) is 0 Å². The Bertz CT molecular complexity index is 786. The molecule has 1 aromatic rings. The van der Waals surface area contributed by atoms with E-state index in [0.29, 0.717) is 12.8 Å². The fourth-order valence-corrected chi connectivity index (χ4v) is 3.67. The first kappa shape index (κ1) is 18.9. The molecule has 1 aliphatic rings. The predicted octanol–water partition coefficient (Wildman–Crippen LogP) is -0.631. The molecule has 2 amide bonds. The lowest BCUT2D eigenvalue weighted by molar-refractivity contribution is -0.145. The molecule has 0 aromatic carbocycles. The lowest BCUT2D eigenvalue weighted by atomic mass is 9.90. The van der Waals surface area contributed by atoms with Gasteiger partial charge >= 0.3 is 5.97 Å². The summed E-state index contributed by atoms with van der Waals surface area (Å²) in [6.07, 6.45) is 1.32. The molecule has 2 rings (SSSR count). The zero-order chi connectivity index (χ0) is 18.8. The number of likely N-dealkylation sites (tertiary alicyclic amines) is 1. The van der Waals surface area contributed by atoms with Gasteiger partial charge in [0.15, 0.2) is 5.76 Å². The fourth-order valence-electron chi connectivity index (χ4n) is 2.75. The van der Waals surface area contributed by atoms with E-state index in [0.717, 1.165) is 12.1 Å². The van der Waals surface area contributed by atoms with Gasteiger partial charge in [-0.15, -0.1) is 0 Å². The molecule has 1 aromatic heterocycles. The molecule has 0 aliphatic carbocycles. The first-order valence-electron chi connectivity index (χ1n) is 7.55. The normalized spacial score (nSPS) is 21.1. The third-order valence-electron chi connectivity index (χ3n) is 3.94. The van der Waals surface area contributed by atoms with Crippen molar-refractivity contribution in [3.8, 4) is 0 Å². The van der Waals surface area contributed by atoms with Crippen LogP contribution in [0.1, 0.15) is 30.3 Å². The van der Waals surface area contributed by atoms with E-state index in [4.69, 9.17) is 10.2 Å². The molecule has 0 radical (unpaired) electrons. The van der Waals surface area contributed by atoms with Crippen LogP contribution in [0.25, 0.3) is 0 Å². The quantitative estimate of drug-likeness (QED) is 0.598. The Kier molecular flexibility index (Phi) is 5.48. The van der Waals surface area contributed by atoms with Gasteiger partial charge in [0.1, 0.15) is 6.04 Å². The molecule has 0 saturated carbocycles. The van der Waals surface area contributed by atoms with E-state index >= 15 is 0 Å². The van der Waals surface area contributed by atoms with Crippen LogP contribution in [-0.2, 0) is 19.6 Å². The number of hydrogen-bond donors (Lipinski definition) is 3. The molecule has 0 spiro atoms. The maximum atomic E-state index is 12.5. The molecule has 2 unspecified atom stereocenters. The number of nitrogens with zero attached hydrogens (tertiary/aromatic N) is 1. The number of rotatable bonds is 6. The van der Waals surface area contributed by atoms with Crippen molar-refractivity contribution < 1.29 is 32.3 Å². The van der Waals surface area contributed by atoms with E-state index in [1.807, 2.05) is 4.72 Å². The Morgan fingerprint density at radius 3 is 2.68 bits per heavy atom. The highest BCUT2D eigenvalue weighted by Crippen LogP contribution is 2.26. The summed E-state index contributed by atoms with van der Waals surface area (Å²) in [5, 5.41) is 8.80. The second kappa shape index (κ2) is 7.23. The molecule has 1 fully saturated rings. The highest BCUT2D eigenvalue weighted by Gasteiger charge is 2.38. The zero-order valence-corrected chi connectivity index (χ0v) is 14.3. The summed E-state index contributed by atoms with van der Waals surface area (Å²) >= 11 is 0. The van der Waals surface area contributed by atoms with Gasteiger partial charge in [-0.25, -0.2) is 13.2 Å². The second-order valence-corrected chi connectivity index (χ2v) is 7.51. The van der Waals surface area contributed by atoms with Crippen LogP contribution in [0, 0.1) is 5.92 Å². The summed E-state index contributed by atoms with van der Waals surface area (Å²) in [5.41, 5.74) is 4.87. The predicted molar refractivity (Wildman–Crippen MR) is 83.9 cm³/mol. The van der Waals surface area contributed by atoms with Crippen molar-refractivity contribution in [3.63, 3.8) is 0 Å². The van der Waals surface area contributed by atoms with Gasteiger partial charge in [-0.1, -0.05) is 6.92 Å². The SMILES string of the molecule is CC1CCCN(C(=O)c2ccc(S(=O)(=O)NCC(N)=O)o2)C1C(=O)O. The number of carboxylic acids is 1. The van der Waals surface area contributed by atoms with Crippen LogP contribution in [0.4, 0.5) is 0 Å². The van der Waals surface area contributed by atoms with E-state index < -0.39 is 45.5 Å². The standard InChI is InChI=1S/C14H19N3O7S/c1-8-3-2-6-17(12(8)14(20)21)13(19)9-4-5-11(24-9)25(22,23)16-7-10(15)18/h4-5,8,12,16H,2-3,6-7H2,1H3,(H2,15,18)(H,20,21). The molecule has 138 valence electrons. The van der Waals surface area contributed by atoms with Gasteiger partial charge < -0.3 is 20.2 Å². The molecule has 1 aliphatic heterocycles. The number of hydrogen-bond acceptors (Lipinski definition) is 6. The minimum absolute atomic E-state index is 0.231. The monoisotopic (exact) mass is 373 g/mol. The summed E-state index contributed by atoms with van der Waals surface area (Å²) in [6, 6.07) is 1.21. The summed E-state index contributed by atoms with van der Waals surface area (Å²) in [6.45, 7) is 1.36. The number of carbonyl (C=O) groups excluding carboxylic acids is 2. The number of carboxylic acid groups (broad SMARTS) is 1. The van der Waals surface area contributed by atoms with Gasteiger partial charge in [-0.3, -0.25) is 9.59 Å². The van der Waals surface area contributed by atoms with Crippen LogP contribution in [-0.4, -0.2) is 55.3 Å². The van der Waals surface area contributed by atoms with Gasteiger partial charge in [-0.05, 0) is 30.9 Å². The summed E-state index contributed by atoms with van der Waals surface area (Å²) in [7, 11) is -4.14. The van der Waals surface area contributed by atoms with E-state index in [-0.39, 0.29) is 18.2 Å². The number of aliphatic carboxylic acids is 1. The topological polar surface area (TPSA) is 160 Å². The van der Waals surface area contributed by atoms with Gasteiger partial charge in [-0.2, -0.15) is 4.72 Å². The van der Waals surface area contributed by atoms with Crippen LogP contribution in [0.3, 0.4) is 0 Å². The zero-order valence-electron chi connectivity index (χ0n) is 13.5. The van der Waals surface area contributed by atoms with E-state index in [1.54, 1.807) is 6.92 Å². The maximum absolute atomic E-state index is 12.5. The molecular weight excluding hydrogens is 354 g/mol. The molecule has 11 heteroatoms. The average molecular weight is 373 g/mol. The molecule has 0 bridgehead atoms. The molecule has 10 nitrogen and oxygen atoms in total. The second-order valence-electron chi connectivity index (χ2n) is 5.81. The van der Waals surface area contributed by atoms with E-state index in [9.17, 15) is 27.9 Å². The third kappa shape index (κ3) is 4.17. The minimum Gasteiger partial charge on any atom is -0.480 e. The number of primary amides is 1. The highest BCUT2D eigenvalue weighted by atomic mass is 32.2. The fraction of sp³-hybridized carbons (Fsp3) is 0.500. The number of nitrogens with two attached hydrogens (primary N) is 1. The van der Waals surface area contributed by atoms with E-state index in [1.165, 1.54) is 4.90 Å². The van der Waals surface area contributed by atoms with Crippen molar-refractivity contribution in [2.75, 3.05) is 13.1 Å². The van der Waals surface area contributed by atoms with Crippen LogP contribution < -0.4 is 10.5 Å². The number of furan rings is 1. The number of amides is 2. The number of sulfonamides is 1. The van der Waals surface area contributed by atoms with Crippen molar-refractivity contribution in [3.05, 3.63) is 17.9 Å². The van der Waals surface area contributed by atoms with Crippen LogP contribution >= 0.6 is 0 Å². The summed E-state index contributed by atoms with van der Waals surface area (Å²) in [5.74, 6) is -3.22. The van der Waals surface area contributed by atoms with Crippen molar-refractivity contribution in [2.45, 2.75) is 30.9 Å². The smallest absolute Gasteiger partial charge is 0.326 e. The van der Waals surface area contributed by atoms with Crippen LogP contribution in [0.15, 0.2) is 21.6 Å². The molecule has 25 heavy (non-hydrogen) atoms. The highest BCUT2D eigenvalue weighted by molar-refractivity contribution is 7.89. The molecule has 2 atom stereocenters. The van der Waals surface area contributed by atoms with E-state index in [2.05, 4.69) is 0 Å². The van der Waals surface area contributed by atoms with Crippen molar-refractivity contribution in [2.24, 2.45) is 11.7 Å². The summed E-state index contributed by atoms with van der Waals surface area (Å²) < 4.78 is 30.9. The minimum atomic E-state index is -4.14. The lowest BCUT2D eigenvalue weighted by Crippen LogP contribution is -2.51.